The highest BCUT2D eigenvalue weighted by molar-refractivity contribution is 6.07. The molecule has 2 amide bonds. The van der Waals surface area contributed by atoms with Crippen molar-refractivity contribution in [3.8, 4) is 0 Å². The largest absolute Gasteiger partial charge is 0.459 e. The van der Waals surface area contributed by atoms with Gasteiger partial charge in [0, 0.05) is 17.1 Å². The molecule has 28 heavy (non-hydrogen) atoms. The molecule has 10 heteroatoms. The van der Waals surface area contributed by atoms with E-state index >= 15 is 0 Å². The third-order valence-corrected chi connectivity index (χ3v) is 3.90. The second-order valence-electron chi connectivity index (χ2n) is 5.96. The van der Waals surface area contributed by atoms with E-state index < -0.39 is 11.5 Å². The van der Waals surface area contributed by atoms with E-state index in [1.54, 1.807) is 49.5 Å². The number of rotatable bonds is 4. The molecule has 0 spiro atoms. The Bertz CT molecular complexity index is 1220. The lowest BCUT2D eigenvalue weighted by Crippen LogP contribution is -2.18. The number of carbonyl (C=O) groups is 2. The van der Waals surface area contributed by atoms with Crippen LogP contribution in [-0.4, -0.2) is 31.6 Å². The van der Waals surface area contributed by atoms with Gasteiger partial charge in [0.1, 0.15) is 0 Å². The Morgan fingerprint density at radius 3 is 2.39 bits per heavy atom. The van der Waals surface area contributed by atoms with Crippen LogP contribution in [0.25, 0.3) is 5.52 Å². The van der Waals surface area contributed by atoms with Crippen molar-refractivity contribution in [1.82, 2.24) is 19.8 Å². The molecule has 1 aromatic carbocycles. The Morgan fingerprint density at radius 1 is 1.07 bits per heavy atom. The lowest BCUT2D eigenvalue weighted by atomic mass is 10.2. The molecular formula is C18H14N6O4. The van der Waals surface area contributed by atoms with Gasteiger partial charge in [0.05, 0.1) is 12.5 Å². The highest BCUT2D eigenvalue weighted by Crippen LogP contribution is 2.16. The summed E-state index contributed by atoms with van der Waals surface area (Å²) >= 11 is 0. The predicted molar refractivity (Wildman–Crippen MR) is 99.4 cm³/mol. The molecule has 4 aromatic rings. The first kappa shape index (κ1) is 17.2. The van der Waals surface area contributed by atoms with E-state index in [1.807, 2.05) is 0 Å². The number of nitrogens with zero attached hydrogens (tertiary/aromatic N) is 3. The van der Waals surface area contributed by atoms with Crippen LogP contribution in [0.2, 0.25) is 0 Å². The zero-order valence-corrected chi connectivity index (χ0v) is 14.6. The summed E-state index contributed by atoms with van der Waals surface area (Å²) in [6.45, 7) is 1.70. The highest BCUT2D eigenvalue weighted by atomic mass is 16.3. The summed E-state index contributed by atoms with van der Waals surface area (Å²) in [4.78, 5) is 39.1. The number of aryl methyl sites for hydroxylation is 1. The number of hydrogen-bond acceptors (Lipinski definition) is 6. The number of benzene rings is 1. The molecule has 0 unspecified atom stereocenters. The molecule has 0 bridgehead atoms. The van der Waals surface area contributed by atoms with Crippen molar-refractivity contribution >= 4 is 28.7 Å². The van der Waals surface area contributed by atoms with E-state index in [4.69, 9.17) is 4.42 Å². The molecule has 0 fully saturated rings. The standard InChI is InChI=1S/C18H14N6O4/c1-10-9-24-15(18(27)19-10)14(22-23-24)17(26)21-12-6-4-11(5-7-12)20-16(25)13-3-2-8-28-13/h2-9H,1H3,(H,19,27)(H,20,25)(H,21,26). The summed E-state index contributed by atoms with van der Waals surface area (Å²) < 4.78 is 6.29. The number of carbonyl (C=O) groups excluding carboxylic acids is 2. The van der Waals surface area contributed by atoms with Crippen LogP contribution >= 0.6 is 0 Å². The van der Waals surface area contributed by atoms with Gasteiger partial charge in [0.2, 0.25) is 0 Å². The fraction of sp³-hybridized carbons (Fsp3) is 0.0556. The summed E-state index contributed by atoms with van der Waals surface area (Å²) in [6.07, 6.45) is 2.98. The van der Waals surface area contributed by atoms with Crippen LogP contribution < -0.4 is 16.2 Å². The van der Waals surface area contributed by atoms with Gasteiger partial charge in [0.25, 0.3) is 17.4 Å². The van der Waals surface area contributed by atoms with Gasteiger partial charge in [-0.2, -0.15) is 0 Å². The first-order valence-electron chi connectivity index (χ1n) is 8.22. The molecule has 0 aliphatic carbocycles. The van der Waals surface area contributed by atoms with Gasteiger partial charge in [-0.1, -0.05) is 5.21 Å². The van der Waals surface area contributed by atoms with E-state index in [2.05, 4.69) is 25.9 Å². The molecular weight excluding hydrogens is 364 g/mol. The summed E-state index contributed by atoms with van der Waals surface area (Å²) in [6, 6.07) is 9.63. The van der Waals surface area contributed by atoms with Gasteiger partial charge >= 0.3 is 0 Å². The Labute approximate surface area is 157 Å². The number of aromatic nitrogens is 4. The molecule has 140 valence electrons. The quantitative estimate of drug-likeness (QED) is 0.496. The van der Waals surface area contributed by atoms with Crippen LogP contribution in [-0.2, 0) is 0 Å². The van der Waals surface area contributed by atoms with Crippen LogP contribution in [0, 0.1) is 6.92 Å². The zero-order chi connectivity index (χ0) is 19.7. The maximum atomic E-state index is 12.5. The molecule has 4 rings (SSSR count). The van der Waals surface area contributed by atoms with Gasteiger partial charge in [-0.3, -0.25) is 14.4 Å². The lowest BCUT2D eigenvalue weighted by Gasteiger charge is -2.06. The molecule has 0 saturated carbocycles. The second-order valence-corrected chi connectivity index (χ2v) is 5.96. The van der Waals surface area contributed by atoms with Crippen LogP contribution in [0.5, 0.6) is 0 Å². The van der Waals surface area contributed by atoms with E-state index in [0.29, 0.717) is 17.1 Å². The van der Waals surface area contributed by atoms with Crippen LogP contribution in [0.4, 0.5) is 11.4 Å². The minimum atomic E-state index is -0.572. The van der Waals surface area contributed by atoms with E-state index in [0.717, 1.165) is 0 Å². The first-order valence-corrected chi connectivity index (χ1v) is 8.22. The lowest BCUT2D eigenvalue weighted by molar-refractivity contribution is 0.0994. The normalized spacial score (nSPS) is 10.8. The van der Waals surface area contributed by atoms with Crippen molar-refractivity contribution < 1.29 is 14.0 Å². The Balaban J connectivity index is 1.50. The summed E-state index contributed by atoms with van der Waals surface area (Å²) in [5.41, 5.74) is 1.11. The number of fused-ring (bicyclic) bond motifs is 1. The minimum Gasteiger partial charge on any atom is -0.459 e. The van der Waals surface area contributed by atoms with E-state index in [1.165, 1.54) is 10.8 Å². The fourth-order valence-electron chi connectivity index (χ4n) is 2.63. The number of H-pyrrole nitrogens is 1. The Morgan fingerprint density at radius 2 is 1.75 bits per heavy atom. The van der Waals surface area contributed by atoms with Gasteiger partial charge in [-0.25, -0.2) is 4.52 Å². The molecule has 10 nitrogen and oxygen atoms in total. The average molecular weight is 378 g/mol. The van der Waals surface area contributed by atoms with Gasteiger partial charge in [0.15, 0.2) is 17.0 Å². The summed E-state index contributed by atoms with van der Waals surface area (Å²) in [5.74, 6) is -0.763. The number of amides is 2. The summed E-state index contributed by atoms with van der Waals surface area (Å²) in [7, 11) is 0. The van der Waals surface area contributed by atoms with Crippen LogP contribution in [0.15, 0.2) is 58.1 Å². The first-order chi connectivity index (χ1) is 13.5. The van der Waals surface area contributed by atoms with Crippen molar-refractivity contribution in [3.63, 3.8) is 0 Å². The molecule has 3 N–H and O–H groups in total. The molecule has 3 heterocycles. The number of hydrogen-bond donors (Lipinski definition) is 3. The van der Waals surface area contributed by atoms with E-state index in [9.17, 15) is 14.4 Å². The molecule has 0 aliphatic rings. The predicted octanol–water partition coefficient (Wildman–Crippen LogP) is 1.82. The molecule has 0 radical (unpaired) electrons. The number of anilines is 2. The van der Waals surface area contributed by atoms with Crippen molar-refractivity contribution in [3.05, 3.63) is 76.4 Å². The van der Waals surface area contributed by atoms with Crippen molar-refractivity contribution in [2.24, 2.45) is 0 Å². The van der Waals surface area contributed by atoms with Crippen LogP contribution in [0.1, 0.15) is 26.7 Å². The number of aromatic amines is 1. The Kier molecular flexibility index (Phi) is 4.20. The average Bonchev–Trinajstić information content (AvgIpc) is 3.33. The SMILES string of the molecule is Cc1cn2nnc(C(=O)Nc3ccc(NC(=O)c4ccco4)cc3)c2c(=O)[nH]1. The molecule has 3 aromatic heterocycles. The maximum absolute atomic E-state index is 12.5. The van der Waals surface area contributed by atoms with Crippen molar-refractivity contribution in [2.75, 3.05) is 10.6 Å². The van der Waals surface area contributed by atoms with Crippen molar-refractivity contribution in [2.45, 2.75) is 6.92 Å². The number of furan rings is 1. The van der Waals surface area contributed by atoms with Crippen LogP contribution in [0.3, 0.4) is 0 Å². The second kappa shape index (κ2) is 6.83. The topological polar surface area (TPSA) is 134 Å². The third kappa shape index (κ3) is 3.26. The van der Waals surface area contributed by atoms with Gasteiger partial charge in [-0.05, 0) is 43.3 Å². The fourth-order valence-corrected chi connectivity index (χ4v) is 2.63. The monoisotopic (exact) mass is 378 g/mol. The molecule has 0 aliphatic heterocycles. The Hall–Kier alpha value is -4.21. The molecule has 0 atom stereocenters. The summed E-state index contributed by atoms with van der Waals surface area (Å²) in [5, 5.41) is 12.9. The van der Waals surface area contributed by atoms with Gasteiger partial charge < -0.3 is 20.0 Å². The third-order valence-electron chi connectivity index (χ3n) is 3.90. The van der Waals surface area contributed by atoms with Gasteiger partial charge in [-0.15, -0.1) is 5.10 Å². The molecule has 0 saturated heterocycles. The minimum absolute atomic E-state index is 0.0606. The number of nitrogens with one attached hydrogen (secondary N) is 3. The highest BCUT2D eigenvalue weighted by Gasteiger charge is 2.18. The van der Waals surface area contributed by atoms with E-state index in [-0.39, 0.29) is 22.9 Å². The zero-order valence-electron chi connectivity index (χ0n) is 14.6. The van der Waals surface area contributed by atoms with Crippen molar-refractivity contribution in [1.29, 1.82) is 0 Å². The maximum Gasteiger partial charge on any atom is 0.291 e. The smallest absolute Gasteiger partial charge is 0.291 e.